The molecule has 2 unspecified atom stereocenters. The second-order valence-electron chi connectivity index (χ2n) is 6.15. The predicted molar refractivity (Wildman–Crippen MR) is 80.6 cm³/mol. The van der Waals surface area contributed by atoms with Crippen molar-refractivity contribution in [2.45, 2.75) is 51.1 Å². The van der Waals surface area contributed by atoms with E-state index in [1.807, 2.05) is 6.07 Å². The lowest BCUT2D eigenvalue weighted by Crippen LogP contribution is -2.46. The molecule has 2 atom stereocenters. The molecule has 2 fully saturated rings. The number of nitrogens with two attached hydrogens (primary N) is 1. The lowest BCUT2D eigenvalue weighted by atomic mass is 9.78. The molecule has 0 spiro atoms. The highest BCUT2D eigenvalue weighted by atomic mass is 15.2. The first-order chi connectivity index (χ1) is 9.75. The first-order valence-electron chi connectivity index (χ1n) is 7.78. The van der Waals surface area contributed by atoms with Crippen molar-refractivity contribution in [2.75, 3.05) is 6.54 Å². The van der Waals surface area contributed by atoms with E-state index < -0.39 is 0 Å². The van der Waals surface area contributed by atoms with Gasteiger partial charge < -0.3 is 5.73 Å². The Hall–Kier alpha value is -1.42. The summed E-state index contributed by atoms with van der Waals surface area (Å²) < 4.78 is 0. The van der Waals surface area contributed by atoms with E-state index >= 15 is 0 Å². The molecule has 1 aliphatic carbocycles. The van der Waals surface area contributed by atoms with Gasteiger partial charge >= 0.3 is 0 Å². The summed E-state index contributed by atoms with van der Waals surface area (Å²) >= 11 is 0. The molecule has 1 saturated carbocycles. The number of likely N-dealkylation sites (tertiary alicyclic amines) is 1. The van der Waals surface area contributed by atoms with E-state index in [-0.39, 0.29) is 5.84 Å². The molecule has 0 radical (unpaired) electrons. The zero-order chi connectivity index (χ0) is 13.9. The largest absolute Gasteiger partial charge is 0.382 e. The average Bonchev–Trinajstić information content (AvgIpc) is 2.48. The number of nitrogen functional groups attached to an aromatic ring is 1. The summed E-state index contributed by atoms with van der Waals surface area (Å²) in [6, 6.07) is 4.75. The van der Waals surface area contributed by atoms with E-state index in [9.17, 15) is 0 Å². The zero-order valence-corrected chi connectivity index (χ0v) is 12.0. The molecule has 1 aliphatic heterocycles. The van der Waals surface area contributed by atoms with Crippen molar-refractivity contribution >= 4 is 5.84 Å². The van der Waals surface area contributed by atoms with Crippen molar-refractivity contribution in [1.29, 1.82) is 5.41 Å². The van der Waals surface area contributed by atoms with E-state index in [1.54, 1.807) is 6.20 Å². The Bertz CT molecular complexity index is 483. The summed E-state index contributed by atoms with van der Waals surface area (Å²) in [5, 5.41) is 7.67. The number of nitrogens with one attached hydrogen (secondary N) is 1. The van der Waals surface area contributed by atoms with Crippen molar-refractivity contribution in [3.8, 4) is 0 Å². The Labute approximate surface area is 120 Å². The molecule has 4 nitrogen and oxygen atoms in total. The van der Waals surface area contributed by atoms with Crippen LogP contribution in [0.1, 0.15) is 49.8 Å². The van der Waals surface area contributed by atoms with Crippen LogP contribution in [-0.2, 0) is 6.54 Å². The number of pyridine rings is 1. The second-order valence-corrected chi connectivity index (χ2v) is 6.15. The van der Waals surface area contributed by atoms with Crippen LogP contribution >= 0.6 is 0 Å². The molecule has 20 heavy (non-hydrogen) atoms. The summed E-state index contributed by atoms with van der Waals surface area (Å²) in [4.78, 5) is 6.88. The minimum absolute atomic E-state index is 0.0813. The summed E-state index contributed by atoms with van der Waals surface area (Å²) in [7, 11) is 0. The first-order valence-corrected chi connectivity index (χ1v) is 7.78. The quantitative estimate of drug-likeness (QED) is 0.656. The fourth-order valence-corrected chi connectivity index (χ4v) is 3.95. The SMILES string of the molecule is N=C(N)c1ncccc1CN1CCCC2CCCCC21. The number of aromatic nitrogens is 1. The Kier molecular flexibility index (Phi) is 4.01. The summed E-state index contributed by atoms with van der Waals surface area (Å²) in [5.41, 5.74) is 7.41. The molecular formula is C16H24N4. The Morgan fingerprint density at radius 3 is 2.95 bits per heavy atom. The number of amidine groups is 1. The van der Waals surface area contributed by atoms with Gasteiger partial charge in [-0.2, -0.15) is 0 Å². The smallest absolute Gasteiger partial charge is 0.142 e. The molecule has 3 N–H and O–H groups in total. The number of rotatable bonds is 3. The van der Waals surface area contributed by atoms with E-state index in [4.69, 9.17) is 11.1 Å². The standard InChI is InChI=1S/C16H24N4/c17-16(18)15-13(6-3-9-19-15)11-20-10-4-7-12-5-1-2-8-14(12)20/h3,6,9,12,14H,1-2,4-5,7-8,10-11H2,(H3,17,18). The second kappa shape index (κ2) is 5.92. The summed E-state index contributed by atoms with van der Waals surface area (Å²) in [6.07, 6.45) is 9.92. The maximum Gasteiger partial charge on any atom is 0.142 e. The molecule has 4 heteroatoms. The minimum Gasteiger partial charge on any atom is -0.382 e. The number of hydrogen-bond acceptors (Lipinski definition) is 3. The third-order valence-corrected chi connectivity index (χ3v) is 4.88. The third kappa shape index (κ3) is 2.70. The lowest BCUT2D eigenvalue weighted by Gasteiger charge is -2.44. The van der Waals surface area contributed by atoms with Gasteiger partial charge in [-0.1, -0.05) is 18.9 Å². The minimum atomic E-state index is 0.0813. The van der Waals surface area contributed by atoms with Crippen LogP contribution in [-0.4, -0.2) is 28.3 Å². The lowest BCUT2D eigenvalue weighted by molar-refractivity contribution is 0.0546. The summed E-state index contributed by atoms with van der Waals surface area (Å²) in [6.45, 7) is 2.07. The van der Waals surface area contributed by atoms with Crippen LogP contribution in [0.25, 0.3) is 0 Å². The number of hydrogen-bond donors (Lipinski definition) is 2. The van der Waals surface area contributed by atoms with Gasteiger partial charge in [-0.15, -0.1) is 0 Å². The Morgan fingerprint density at radius 2 is 2.10 bits per heavy atom. The molecule has 0 bridgehead atoms. The van der Waals surface area contributed by atoms with Crippen LogP contribution in [0.15, 0.2) is 18.3 Å². The zero-order valence-electron chi connectivity index (χ0n) is 12.0. The summed E-state index contributed by atoms with van der Waals surface area (Å²) in [5.74, 6) is 0.966. The fourth-order valence-electron chi connectivity index (χ4n) is 3.95. The highest BCUT2D eigenvalue weighted by molar-refractivity contribution is 5.94. The maximum absolute atomic E-state index is 7.67. The van der Waals surface area contributed by atoms with Crippen molar-refractivity contribution in [1.82, 2.24) is 9.88 Å². The Balaban J connectivity index is 1.78. The van der Waals surface area contributed by atoms with Gasteiger partial charge in [-0.25, -0.2) is 0 Å². The number of nitrogens with zero attached hydrogens (tertiary/aromatic N) is 2. The van der Waals surface area contributed by atoms with Gasteiger partial charge in [0.2, 0.25) is 0 Å². The highest BCUT2D eigenvalue weighted by Gasteiger charge is 2.33. The Morgan fingerprint density at radius 1 is 1.30 bits per heavy atom. The van der Waals surface area contributed by atoms with Crippen LogP contribution in [0, 0.1) is 11.3 Å². The molecule has 2 heterocycles. The normalized spacial score (nSPS) is 27.0. The molecule has 1 aromatic rings. The molecule has 1 aromatic heterocycles. The van der Waals surface area contributed by atoms with Gasteiger partial charge in [0.05, 0.1) is 0 Å². The molecule has 0 amide bonds. The van der Waals surface area contributed by atoms with Gasteiger partial charge in [0.1, 0.15) is 11.5 Å². The van der Waals surface area contributed by atoms with Crippen molar-refractivity contribution in [2.24, 2.45) is 11.7 Å². The third-order valence-electron chi connectivity index (χ3n) is 4.88. The van der Waals surface area contributed by atoms with Gasteiger partial charge in [0, 0.05) is 18.8 Å². The highest BCUT2D eigenvalue weighted by Crippen LogP contribution is 2.36. The van der Waals surface area contributed by atoms with Crippen LogP contribution in [0.2, 0.25) is 0 Å². The van der Waals surface area contributed by atoms with Crippen LogP contribution in [0.3, 0.4) is 0 Å². The number of piperidine rings is 1. The van der Waals surface area contributed by atoms with E-state index in [0.717, 1.165) is 24.1 Å². The fraction of sp³-hybridized carbons (Fsp3) is 0.625. The van der Waals surface area contributed by atoms with E-state index in [0.29, 0.717) is 5.69 Å². The van der Waals surface area contributed by atoms with Crippen molar-refractivity contribution in [3.63, 3.8) is 0 Å². The molecule has 0 aromatic carbocycles. The predicted octanol–water partition coefficient (Wildman–Crippen LogP) is 2.52. The van der Waals surface area contributed by atoms with Gasteiger partial charge in [0.15, 0.2) is 0 Å². The molecule has 3 rings (SSSR count). The average molecular weight is 272 g/mol. The van der Waals surface area contributed by atoms with Crippen molar-refractivity contribution < 1.29 is 0 Å². The van der Waals surface area contributed by atoms with Gasteiger partial charge in [0.25, 0.3) is 0 Å². The van der Waals surface area contributed by atoms with Crippen molar-refractivity contribution in [3.05, 3.63) is 29.6 Å². The topological polar surface area (TPSA) is 66.0 Å². The number of fused-ring (bicyclic) bond motifs is 1. The maximum atomic E-state index is 7.67. The molecule has 2 aliphatic rings. The van der Waals surface area contributed by atoms with Crippen LogP contribution in [0.4, 0.5) is 0 Å². The van der Waals surface area contributed by atoms with E-state index in [2.05, 4.69) is 16.0 Å². The van der Waals surface area contributed by atoms with E-state index in [1.165, 1.54) is 45.1 Å². The van der Waals surface area contributed by atoms with Crippen LogP contribution in [0.5, 0.6) is 0 Å². The van der Waals surface area contributed by atoms with Crippen LogP contribution < -0.4 is 5.73 Å². The first kappa shape index (κ1) is 13.6. The molecular weight excluding hydrogens is 248 g/mol. The van der Waals surface area contributed by atoms with Gasteiger partial charge in [-0.05, 0) is 49.8 Å². The van der Waals surface area contributed by atoms with Gasteiger partial charge in [-0.3, -0.25) is 15.3 Å². The monoisotopic (exact) mass is 272 g/mol. The molecule has 1 saturated heterocycles. The molecule has 108 valence electrons.